The van der Waals surface area contributed by atoms with Gasteiger partial charge in [0, 0.05) is 6.42 Å². The molecule has 0 aromatic heterocycles. The first-order chi connectivity index (χ1) is 10.2. The summed E-state index contributed by atoms with van der Waals surface area (Å²) in [5, 5.41) is 12.3. The third kappa shape index (κ3) is 4.74. The van der Waals surface area contributed by atoms with Crippen LogP contribution in [0.5, 0.6) is 5.75 Å². The van der Waals surface area contributed by atoms with Gasteiger partial charge in [-0.3, -0.25) is 4.79 Å². The molecule has 0 saturated carbocycles. The number of benzene rings is 1. The molecule has 1 aliphatic heterocycles. The summed E-state index contributed by atoms with van der Waals surface area (Å²) in [4.78, 5) is 11.1. The second-order valence-electron chi connectivity index (χ2n) is 5.63. The monoisotopic (exact) mass is 291 g/mol. The van der Waals surface area contributed by atoms with Gasteiger partial charge in [0.15, 0.2) is 0 Å². The quantitative estimate of drug-likeness (QED) is 0.687. The summed E-state index contributed by atoms with van der Waals surface area (Å²) in [6.07, 6.45) is 5.62. The summed E-state index contributed by atoms with van der Waals surface area (Å²) in [6.45, 7) is 3.61. The molecule has 0 radical (unpaired) electrons. The van der Waals surface area contributed by atoms with Gasteiger partial charge in [-0.05, 0) is 43.0 Å². The highest BCUT2D eigenvalue weighted by Gasteiger charge is 2.15. The van der Waals surface area contributed by atoms with E-state index in [1.165, 1.54) is 11.1 Å². The molecule has 0 bridgehead atoms. The molecule has 1 heterocycles. The van der Waals surface area contributed by atoms with E-state index < -0.39 is 12.0 Å². The summed E-state index contributed by atoms with van der Waals surface area (Å²) >= 11 is 0. The molecule has 1 aromatic rings. The van der Waals surface area contributed by atoms with Gasteiger partial charge in [0.1, 0.15) is 11.8 Å². The fourth-order valence-corrected chi connectivity index (χ4v) is 2.69. The topological polar surface area (TPSA) is 58.6 Å². The van der Waals surface area contributed by atoms with Gasteiger partial charge in [-0.2, -0.15) is 0 Å². The molecule has 0 unspecified atom stereocenters. The molecule has 21 heavy (non-hydrogen) atoms. The van der Waals surface area contributed by atoms with Crippen LogP contribution < -0.4 is 10.1 Å². The first-order valence-corrected chi connectivity index (χ1v) is 7.91. The lowest BCUT2D eigenvalue weighted by Crippen LogP contribution is -2.37. The molecule has 0 aliphatic carbocycles. The van der Waals surface area contributed by atoms with Crippen LogP contribution in [0.2, 0.25) is 0 Å². The van der Waals surface area contributed by atoms with Gasteiger partial charge in [0.25, 0.3) is 0 Å². The summed E-state index contributed by atoms with van der Waals surface area (Å²) in [5.41, 5.74) is 2.60. The lowest BCUT2D eigenvalue weighted by atomic mass is 10.0. The Kier molecular flexibility index (Phi) is 6.05. The first-order valence-electron chi connectivity index (χ1n) is 7.91. The molecular weight excluding hydrogens is 266 g/mol. The molecule has 4 nitrogen and oxygen atoms in total. The minimum Gasteiger partial charge on any atom is -0.493 e. The van der Waals surface area contributed by atoms with E-state index in [2.05, 4.69) is 24.4 Å². The molecule has 0 saturated heterocycles. The largest absolute Gasteiger partial charge is 0.493 e. The molecule has 1 atom stereocenters. The number of ether oxygens (including phenoxy) is 1. The van der Waals surface area contributed by atoms with Crippen molar-refractivity contribution in [2.24, 2.45) is 0 Å². The van der Waals surface area contributed by atoms with Gasteiger partial charge >= 0.3 is 5.97 Å². The second-order valence-corrected chi connectivity index (χ2v) is 5.63. The molecular formula is C17H25NO3. The molecule has 0 amide bonds. The van der Waals surface area contributed by atoms with Gasteiger partial charge < -0.3 is 15.2 Å². The van der Waals surface area contributed by atoms with E-state index in [0.717, 1.165) is 51.0 Å². The maximum Gasteiger partial charge on any atom is 0.320 e. The van der Waals surface area contributed by atoms with Crippen LogP contribution in [0.25, 0.3) is 0 Å². The van der Waals surface area contributed by atoms with Crippen molar-refractivity contribution in [3.8, 4) is 5.75 Å². The van der Waals surface area contributed by atoms with E-state index in [1.54, 1.807) is 0 Å². The highest BCUT2D eigenvalue weighted by molar-refractivity contribution is 5.73. The third-order valence-electron chi connectivity index (χ3n) is 3.93. The van der Waals surface area contributed by atoms with Crippen molar-refractivity contribution in [2.45, 2.75) is 51.5 Å². The summed E-state index contributed by atoms with van der Waals surface area (Å²) in [7, 11) is 0. The average Bonchev–Trinajstić information content (AvgIpc) is 2.93. The number of hydrogen-bond donors (Lipinski definition) is 2. The normalized spacial score (nSPS) is 14.5. The van der Waals surface area contributed by atoms with Crippen LogP contribution in [0.4, 0.5) is 0 Å². The molecule has 2 rings (SSSR count). The smallest absolute Gasteiger partial charge is 0.320 e. The number of nitrogens with one attached hydrogen (secondary N) is 1. The zero-order valence-corrected chi connectivity index (χ0v) is 12.7. The van der Waals surface area contributed by atoms with Crippen LogP contribution in [0.3, 0.4) is 0 Å². The molecule has 1 aliphatic rings. The molecule has 0 spiro atoms. The van der Waals surface area contributed by atoms with Gasteiger partial charge in [0.05, 0.1) is 6.61 Å². The van der Waals surface area contributed by atoms with E-state index in [4.69, 9.17) is 9.84 Å². The Morgan fingerprint density at radius 1 is 1.43 bits per heavy atom. The number of carboxylic acid groups (broad SMARTS) is 1. The predicted octanol–water partition coefficient (Wildman–Crippen LogP) is 2.79. The number of rotatable bonds is 9. The van der Waals surface area contributed by atoms with E-state index in [1.807, 2.05) is 6.07 Å². The van der Waals surface area contributed by atoms with Crippen molar-refractivity contribution >= 4 is 5.97 Å². The Labute approximate surface area is 126 Å². The van der Waals surface area contributed by atoms with Crippen LogP contribution in [-0.2, 0) is 17.6 Å². The Hall–Kier alpha value is -1.55. The first kappa shape index (κ1) is 15.8. The number of carboxylic acids is 1. The fourth-order valence-electron chi connectivity index (χ4n) is 2.69. The Morgan fingerprint density at radius 2 is 2.29 bits per heavy atom. The van der Waals surface area contributed by atoms with E-state index in [-0.39, 0.29) is 0 Å². The zero-order chi connectivity index (χ0) is 15.1. The number of carbonyl (C=O) groups is 1. The molecule has 1 aromatic carbocycles. The minimum absolute atomic E-state index is 0.404. The van der Waals surface area contributed by atoms with Gasteiger partial charge in [0.2, 0.25) is 0 Å². The molecule has 2 N–H and O–H groups in total. The highest BCUT2D eigenvalue weighted by Crippen LogP contribution is 2.26. The molecule has 4 heteroatoms. The van der Waals surface area contributed by atoms with Crippen LogP contribution in [-0.4, -0.2) is 30.3 Å². The number of unbranched alkanes of at least 4 members (excludes halogenated alkanes) is 1. The fraction of sp³-hybridized carbons (Fsp3) is 0.588. The standard InChI is InChI=1S/C17H25NO3/c1-2-3-6-15(17(19)20)18-10-4-5-13-7-8-16-14(12-13)9-11-21-16/h7-8,12,15,18H,2-6,9-11H2,1H3,(H,19,20)/t15-/m0/s1. The van der Waals surface area contributed by atoms with E-state index in [9.17, 15) is 4.79 Å². The van der Waals surface area contributed by atoms with Crippen molar-refractivity contribution in [3.63, 3.8) is 0 Å². The maximum absolute atomic E-state index is 11.1. The van der Waals surface area contributed by atoms with E-state index in [0.29, 0.717) is 6.42 Å². The zero-order valence-electron chi connectivity index (χ0n) is 12.7. The number of hydrogen-bond acceptors (Lipinski definition) is 3. The van der Waals surface area contributed by atoms with Crippen molar-refractivity contribution < 1.29 is 14.6 Å². The maximum atomic E-state index is 11.1. The Morgan fingerprint density at radius 3 is 3.05 bits per heavy atom. The number of aliphatic carboxylic acids is 1. The average molecular weight is 291 g/mol. The summed E-state index contributed by atoms with van der Waals surface area (Å²) < 4.78 is 5.50. The SMILES string of the molecule is CCCC[C@H](NCCCc1ccc2c(c1)CCO2)C(=O)O. The van der Waals surface area contributed by atoms with Crippen LogP contribution in [0.1, 0.15) is 43.7 Å². The lowest BCUT2D eigenvalue weighted by Gasteiger charge is -2.14. The Bertz CT molecular complexity index is 473. The summed E-state index contributed by atoms with van der Waals surface area (Å²) in [6, 6.07) is 5.97. The van der Waals surface area contributed by atoms with Crippen molar-refractivity contribution in [1.82, 2.24) is 5.32 Å². The number of fused-ring (bicyclic) bond motifs is 1. The van der Waals surface area contributed by atoms with Crippen molar-refractivity contribution in [2.75, 3.05) is 13.2 Å². The second kappa shape index (κ2) is 8.03. The molecule has 0 fully saturated rings. The van der Waals surface area contributed by atoms with Gasteiger partial charge in [-0.1, -0.05) is 31.9 Å². The summed E-state index contributed by atoms with van der Waals surface area (Å²) in [5.74, 6) is 0.278. The minimum atomic E-state index is -0.738. The predicted molar refractivity (Wildman–Crippen MR) is 82.9 cm³/mol. The van der Waals surface area contributed by atoms with Crippen LogP contribution >= 0.6 is 0 Å². The highest BCUT2D eigenvalue weighted by atomic mass is 16.5. The lowest BCUT2D eigenvalue weighted by molar-refractivity contribution is -0.139. The molecule has 116 valence electrons. The van der Waals surface area contributed by atoms with E-state index >= 15 is 0 Å². The van der Waals surface area contributed by atoms with Crippen LogP contribution in [0.15, 0.2) is 18.2 Å². The van der Waals surface area contributed by atoms with Crippen molar-refractivity contribution in [3.05, 3.63) is 29.3 Å². The Balaban J connectivity index is 1.72. The third-order valence-corrected chi connectivity index (χ3v) is 3.93. The van der Waals surface area contributed by atoms with Gasteiger partial charge in [-0.25, -0.2) is 0 Å². The number of aryl methyl sites for hydroxylation is 1. The van der Waals surface area contributed by atoms with Crippen molar-refractivity contribution in [1.29, 1.82) is 0 Å². The van der Waals surface area contributed by atoms with Crippen LogP contribution in [0, 0.1) is 0 Å². The van der Waals surface area contributed by atoms with Gasteiger partial charge in [-0.15, -0.1) is 0 Å².